The first-order valence-corrected chi connectivity index (χ1v) is 8.07. The van der Waals surface area contributed by atoms with Gasteiger partial charge in [-0.05, 0) is 0 Å². The van der Waals surface area contributed by atoms with E-state index in [2.05, 4.69) is 9.51 Å². The number of rotatable bonds is 5. The van der Waals surface area contributed by atoms with E-state index >= 15 is 0 Å². The SMILES string of the molecule is NC(=O)c1csc(C2OC(COP(=O)(O)O)C(O)C2O)n1.[Na+]. The maximum absolute atomic E-state index is 11.0. The Morgan fingerprint density at radius 3 is 2.59 bits per heavy atom. The van der Waals surface area contributed by atoms with Crippen LogP contribution in [0.1, 0.15) is 21.6 Å². The minimum Gasteiger partial charge on any atom is -0.387 e. The molecule has 1 amide bonds. The smallest absolute Gasteiger partial charge is 0.387 e. The summed E-state index contributed by atoms with van der Waals surface area (Å²) in [5.41, 5.74) is 5.05. The number of primary amides is 1. The largest absolute Gasteiger partial charge is 1.00 e. The first-order chi connectivity index (χ1) is 9.69. The van der Waals surface area contributed by atoms with E-state index in [0.717, 1.165) is 11.3 Å². The van der Waals surface area contributed by atoms with Gasteiger partial charge in [-0.25, -0.2) is 9.55 Å². The molecular weight excluding hydrogens is 350 g/mol. The van der Waals surface area contributed by atoms with Crippen molar-refractivity contribution in [2.24, 2.45) is 5.73 Å². The van der Waals surface area contributed by atoms with E-state index in [0.29, 0.717) is 0 Å². The molecule has 0 radical (unpaired) electrons. The number of phosphoric acid groups is 1. The number of aromatic nitrogens is 1. The van der Waals surface area contributed by atoms with Crippen molar-refractivity contribution in [1.82, 2.24) is 4.98 Å². The van der Waals surface area contributed by atoms with Crippen LogP contribution >= 0.6 is 19.2 Å². The zero-order chi connectivity index (χ0) is 15.8. The molecule has 1 saturated heterocycles. The number of hydrogen-bond donors (Lipinski definition) is 5. The number of nitrogens with zero attached hydrogens (tertiary/aromatic N) is 1. The normalized spacial score (nSPS) is 28.4. The molecule has 0 bridgehead atoms. The number of ether oxygens (including phenoxy) is 1. The third-order valence-electron chi connectivity index (χ3n) is 2.79. The molecule has 1 aromatic heterocycles. The van der Waals surface area contributed by atoms with Crippen LogP contribution in [0.25, 0.3) is 0 Å². The van der Waals surface area contributed by atoms with Gasteiger partial charge in [-0.3, -0.25) is 9.32 Å². The predicted octanol–water partition coefficient (Wildman–Crippen LogP) is -4.48. The third kappa shape index (κ3) is 4.79. The Morgan fingerprint density at radius 1 is 1.45 bits per heavy atom. The molecule has 2 rings (SSSR count). The van der Waals surface area contributed by atoms with Gasteiger partial charge in [-0.15, -0.1) is 11.3 Å². The molecule has 0 saturated carbocycles. The second-order valence-electron chi connectivity index (χ2n) is 4.30. The van der Waals surface area contributed by atoms with Crippen molar-refractivity contribution < 1.29 is 68.2 Å². The van der Waals surface area contributed by atoms with Crippen LogP contribution in [-0.2, 0) is 13.8 Å². The fourth-order valence-corrected chi connectivity index (χ4v) is 3.02. The summed E-state index contributed by atoms with van der Waals surface area (Å²) in [7, 11) is -4.71. The average molecular weight is 363 g/mol. The molecule has 22 heavy (non-hydrogen) atoms. The van der Waals surface area contributed by atoms with Gasteiger partial charge >= 0.3 is 37.4 Å². The van der Waals surface area contributed by atoms with Gasteiger partial charge < -0.3 is 30.5 Å². The van der Waals surface area contributed by atoms with Crippen molar-refractivity contribution >= 4 is 25.1 Å². The molecule has 0 aromatic carbocycles. The number of aliphatic hydroxyl groups excluding tert-OH is 2. The van der Waals surface area contributed by atoms with Crippen molar-refractivity contribution in [3.05, 3.63) is 16.1 Å². The van der Waals surface area contributed by atoms with Crippen LogP contribution in [0, 0.1) is 0 Å². The third-order valence-corrected chi connectivity index (χ3v) is 4.18. The molecule has 2 heterocycles. The van der Waals surface area contributed by atoms with E-state index < -0.39 is 44.8 Å². The Morgan fingerprint density at radius 2 is 2.09 bits per heavy atom. The number of carbonyl (C=O) groups excluding carboxylic acids is 1. The Bertz CT molecular complexity index is 580. The Balaban J connectivity index is 0.00000242. The molecule has 4 atom stereocenters. The molecule has 1 aliphatic heterocycles. The molecule has 10 nitrogen and oxygen atoms in total. The number of phosphoric ester groups is 1. The summed E-state index contributed by atoms with van der Waals surface area (Å²) in [4.78, 5) is 32.0. The van der Waals surface area contributed by atoms with Gasteiger partial charge in [0.1, 0.15) is 35.1 Å². The maximum Gasteiger partial charge on any atom is 1.00 e. The number of nitrogens with two attached hydrogens (primary N) is 1. The number of aliphatic hydroxyl groups is 2. The predicted molar refractivity (Wildman–Crippen MR) is 68.3 cm³/mol. The van der Waals surface area contributed by atoms with Crippen LogP contribution < -0.4 is 35.3 Å². The molecular formula is C9H13N2NaO8PS+. The minimum atomic E-state index is -4.71. The molecule has 1 aromatic rings. The summed E-state index contributed by atoms with van der Waals surface area (Å²) < 4.78 is 20.1. The standard InChI is InChI=1S/C9H13N2O8PS.Na/c10-8(14)3-2-21-9(11-3)7-6(13)5(12)4(19-7)1-18-20(15,16)17;/h2,4-7,12-13H,1H2,(H2,10,14)(H2,15,16,17);/q;+1. The number of carbonyl (C=O) groups is 1. The zero-order valence-corrected chi connectivity index (χ0v) is 15.1. The first kappa shape index (κ1) is 20.1. The number of hydrogen-bond acceptors (Lipinski definition) is 8. The molecule has 0 aliphatic carbocycles. The van der Waals surface area contributed by atoms with Crippen LogP contribution in [0.15, 0.2) is 5.38 Å². The van der Waals surface area contributed by atoms with E-state index in [9.17, 15) is 19.6 Å². The van der Waals surface area contributed by atoms with Gasteiger partial charge in [0.15, 0.2) is 0 Å². The fourth-order valence-electron chi connectivity index (χ4n) is 1.79. The molecule has 118 valence electrons. The summed E-state index contributed by atoms with van der Waals surface area (Å²) in [6.45, 7) is -0.604. The monoisotopic (exact) mass is 363 g/mol. The maximum atomic E-state index is 11.0. The number of thiazole rings is 1. The molecule has 0 spiro atoms. The van der Waals surface area contributed by atoms with Crippen molar-refractivity contribution in [2.45, 2.75) is 24.4 Å². The summed E-state index contributed by atoms with van der Waals surface area (Å²) in [6, 6.07) is 0. The van der Waals surface area contributed by atoms with Crippen LogP contribution in [-0.4, -0.2) is 55.8 Å². The van der Waals surface area contributed by atoms with Crippen molar-refractivity contribution in [2.75, 3.05) is 6.61 Å². The second-order valence-corrected chi connectivity index (χ2v) is 6.43. The average Bonchev–Trinajstić information content (AvgIpc) is 2.94. The Kier molecular flexibility index (Phi) is 7.12. The van der Waals surface area contributed by atoms with E-state index in [-0.39, 0.29) is 40.3 Å². The molecule has 13 heteroatoms. The summed E-state index contributed by atoms with van der Waals surface area (Å²) >= 11 is 1.00. The molecule has 1 aliphatic rings. The zero-order valence-electron chi connectivity index (χ0n) is 11.4. The van der Waals surface area contributed by atoms with Crippen molar-refractivity contribution in [3.8, 4) is 0 Å². The summed E-state index contributed by atoms with van der Waals surface area (Å²) in [5, 5.41) is 21.3. The van der Waals surface area contributed by atoms with Gasteiger partial charge in [-0.2, -0.15) is 0 Å². The topological polar surface area (TPSA) is 172 Å². The van der Waals surface area contributed by atoms with Gasteiger partial charge in [0.2, 0.25) is 0 Å². The van der Waals surface area contributed by atoms with Crippen molar-refractivity contribution in [3.63, 3.8) is 0 Å². The van der Waals surface area contributed by atoms with Gasteiger partial charge in [-0.1, -0.05) is 0 Å². The fraction of sp³-hybridized carbons (Fsp3) is 0.556. The van der Waals surface area contributed by atoms with Gasteiger partial charge in [0, 0.05) is 5.38 Å². The van der Waals surface area contributed by atoms with E-state index in [1.54, 1.807) is 0 Å². The quantitative estimate of drug-likeness (QED) is 0.255. The van der Waals surface area contributed by atoms with Crippen LogP contribution in [0.5, 0.6) is 0 Å². The summed E-state index contributed by atoms with van der Waals surface area (Å²) in [5.74, 6) is -0.744. The van der Waals surface area contributed by atoms with Crippen LogP contribution in [0.3, 0.4) is 0 Å². The van der Waals surface area contributed by atoms with E-state index in [4.69, 9.17) is 20.3 Å². The van der Waals surface area contributed by atoms with Crippen LogP contribution in [0.2, 0.25) is 0 Å². The van der Waals surface area contributed by atoms with E-state index in [1.165, 1.54) is 5.38 Å². The van der Waals surface area contributed by atoms with Gasteiger partial charge in [0.05, 0.1) is 6.61 Å². The van der Waals surface area contributed by atoms with Gasteiger partial charge in [0.25, 0.3) is 5.91 Å². The second kappa shape index (κ2) is 7.77. The minimum absolute atomic E-state index is 0. The summed E-state index contributed by atoms with van der Waals surface area (Å²) in [6.07, 6.45) is -4.97. The number of amides is 1. The Hall–Kier alpha value is 0.0900. The Labute approximate surface area is 150 Å². The first-order valence-electron chi connectivity index (χ1n) is 5.66. The van der Waals surface area contributed by atoms with Crippen molar-refractivity contribution in [1.29, 1.82) is 0 Å². The van der Waals surface area contributed by atoms with Crippen LogP contribution in [0.4, 0.5) is 0 Å². The molecule has 6 N–H and O–H groups in total. The molecule has 1 fully saturated rings. The molecule has 4 unspecified atom stereocenters. The van der Waals surface area contributed by atoms with E-state index in [1.807, 2.05) is 0 Å².